The average molecular weight is 498 g/mol. The largest absolute Gasteiger partial charge is 0.387 e. The molecular formula is C29H31N5O3. The van der Waals surface area contributed by atoms with E-state index in [4.69, 9.17) is 5.26 Å². The third kappa shape index (κ3) is 5.00. The van der Waals surface area contributed by atoms with Gasteiger partial charge >= 0.3 is 6.03 Å². The van der Waals surface area contributed by atoms with E-state index in [1.807, 2.05) is 42.5 Å². The van der Waals surface area contributed by atoms with Crippen LogP contribution in [-0.2, 0) is 13.1 Å². The summed E-state index contributed by atoms with van der Waals surface area (Å²) < 4.78 is 1.51. The summed E-state index contributed by atoms with van der Waals surface area (Å²) in [5.41, 5.74) is 1.22. The quantitative estimate of drug-likeness (QED) is 0.559. The lowest BCUT2D eigenvalue weighted by Crippen LogP contribution is -2.63. The minimum atomic E-state index is -1.10. The summed E-state index contributed by atoms with van der Waals surface area (Å²) in [6.07, 6.45) is 5.53. The fraction of sp³-hybridized carbons (Fsp3) is 0.379. The minimum Gasteiger partial charge on any atom is -0.387 e. The number of amides is 2. The molecule has 1 spiro atoms. The monoisotopic (exact) mass is 497 g/mol. The minimum absolute atomic E-state index is 0.161. The van der Waals surface area contributed by atoms with Crippen LogP contribution >= 0.6 is 0 Å². The van der Waals surface area contributed by atoms with Gasteiger partial charge in [0.2, 0.25) is 0 Å². The van der Waals surface area contributed by atoms with Crippen molar-refractivity contribution in [3.8, 4) is 17.3 Å². The van der Waals surface area contributed by atoms with Crippen LogP contribution in [0.4, 0.5) is 4.79 Å². The van der Waals surface area contributed by atoms with Gasteiger partial charge in [-0.2, -0.15) is 5.26 Å². The average Bonchev–Trinajstić information content (AvgIpc) is 3.41. The number of aromatic nitrogens is 2. The van der Waals surface area contributed by atoms with Crippen LogP contribution in [0.3, 0.4) is 0 Å². The number of benzene rings is 2. The van der Waals surface area contributed by atoms with Gasteiger partial charge < -0.3 is 15.3 Å². The summed E-state index contributed by atoms with van der Waals surface area (Å²) in [5, 5.41) is 23.9. The molecule has 1 unspecified atom stereocenters. The number of piperidine rings is 1. The fourth-order valence-electron chi connectivity index (χ4n) is 5.85. The van der Waals surface area contributed by atoms with E-state index in [0.717, 1.165) is 36.8 Å². The number of hydrogen-bond donors (Lipinski definition) is 2. The van der Waals surface area contributed by atoms with Crippen LogP contribution in [0.25, 0.3) is 11.3 Å². The standard InChI is InChI=1S/C29H31N5O3/c30-17-22-8-10-23(11-9-22)18-31-27(36)33-15-14-29(37,28(19-33)12-4-5-13-28)20-34-21-32-25(16-26(34)35)24-6-2-1-3-7-24/h1-3,6-11,16,21,37H,4-5,12-15,18-20H2,(H,31,36). The van der Waals surface area contributed by atoms with Gasteiger partial charge in [-0.05, 0) is 37.0 Å². The van der Waals surface area contributed by atoms with Crippen molar-refractivity contribution in [3.05, 3.63) is 88.5 Å². The molecule has 3 aromatic rings. The molecule has 1 aliphatic heterocycles. The summed E-state index contributed by atoms with van der Waals surface area (Å²) in [7, 11) is 0. The zero-order chi connectivity index (χ0) is 25.9. The lowest BCUT2D eigenvalue weighted by Gasteiger charge is -2.52. The van der Waals surface area contributed by atoms with Gasteiger partial charge in [0.25, 0.3) is 5.56 Å². The van der Waals surface area contributed by atoms with E-state index in [9.17, 15) is 14.7 Å². The number of urea groups is 1. The van der Waals surface area contributed by atoms with Crippen molar-refractivity contribution in [3.63, 3.8) is 0 Å². The molecule has 1 saturated carbocycles. The molecule has 2 N–H and O–H groups in total. The number of likely N-dealkylation sites (tertiary alicyclic amines) is 1. The third-order valence-corrected chi connectivity index (χ3v) is 8.03. The highest BCUT2D eigenvalue weighted by molar-refractivity contribution is 5.74. The number of nitriles is 1. The van der Waals surface area contributed by atoms with Gasteiger partial charge in [-0.15, -0.1) is 0 Å². The Morgan fingerprint density at radius 2 is 1.81 bits per heavy atom. The Kier molecular flexibility index (Phi) is 6.81. The Hall–Kier alpha value is -3.96. The summed E-state index contributed by atoms with van der Waals surface area (Å²) in [5.74, 6) is 0. The molecule has 8 heteroatoms. The normalized spacial score (nSPS) is 20.5. The molecule has 1 saturated heterocycles. The van der Waals surface area contributed by atoms with E-state index in [-0.39, 0.29) is 18.1 Å². The number of carbonyl (C=O) groups excluding carboxylic acids is 1. The molecular weight excluding hydrogens is 466 g/mol. The van der Waals surface area contributed by atoms with Gasteiger partial charge in [-0.1, -0.05) is 55.3 Å². The van der Waals surface area contributed by atoms with Crippen LogP contribution in [0.15, 0.2) is 71.8 Å². The first-order valence-corrected chi connectivity index (χ1v) is 12.8. The predicted molar refractivity (Wildman–Crippen MR) is 139 cm³/mol. The van der Waals surface area contributed by atoms with Crippen LogP contribution in [0.2, 0.25) is 0 Å². The van der Waals surface area contributed by atoms with Crippen molar-refractivity contribution in [1.82, 2.24) is 19.8 Å². The highest BCUT2D eigenvalue weighted by Gasteiger charge is 2.55. The molecule has 2 heterocycles. The molecule has 2 fully saturated rings. The van der Waals surface area contributed by atoms with E-state index in [2.05, 4.69) is 16.4 Å². The molecule has 37 heavy (non-hydrogen) atoms. The Balaban J connectivity index is 1.29. The Bertz CT molecular complexity index is 1360. The number of aliphatic hydroxyl groups is 1. The van der Waals surface area contributed by atoms with Crippen LogP contribution in [0, 0.1) is 16.7 Å². The third-order valence-electron chi connectivity index (χ3n) is 8.03. The van der Waals surface area contributed by atoms with Gasteiger partial charge in [-0.3, -0.25) is 9.36 Å². The van der Waals surface area contributed by atoms with E-state index in [0.29, 0.717) is 37.3 Å². The molecule has 1 aliphatic carbocycles. The molecule has 8 nitrogen and oxygen atoms in total. The van der Waals surface area contributed by atoms with Crippen molar-refractivity contribution in [2.24, 2.45) is 5.41 Å². The maximum Gasteiger partial charge on any atom is 0.317 e. The number of nitrogens with zero attached hydrogens (tertiary/aromatic N) is 4. The van der Waals surface area contributed by atoms with Gasteiger partial charge in [0.05, 0.1) is 35.8 Å². The van der Waals surface area contributed by atoms with E-state index < -0.39 is 11.0 Å². The second-order valence-corrected chi connectivity index (χ2v) is 10.3. The zero-order valence-corrected chi connectivity index (χ0v) is 20.8. The number of carbonyl (C=O) groups is 1. The van der Waals surface area contributed by atoms with Crippen molar-refractivity contribution in [1.29, 1.82) is 5.26 Å². The van der Waals surface area contributed by atoms with E-state index >= 15 is 0 Å². The van der Waals surface area contributed by atoms with Crippen LogP contribution < -0.4 is 10.9 Å². The van der Waals surface area contributed by atoms with Crippen LogP contribution in [-0.4, -0.2) is 44.3 Å². The first-order valence-electron chi connectivity index (χ1n) is 12.8. The fourth-order valence-corrected chi connectivity index (χ4v) is 5.85. The van der Waals surface area contributed by atoms with Crippen LogP contribution in [0.1, 0.15) is 43.2 Å². The molecule has 1 aromatic heterocycles. The van der Waals surface area contributed by atoms with E-state index in [1.54, 1.807) is 17.0 Å². The maximum atomic E-state index is 13.0. The van der Waals surface area contributed by atoms with Gasteiger partial charge in [0.1, 0.15) is 0 Å². The zero-order valence-electron chi connectivity index (χ0n) is 20.8. The lowest BCUT2D eigenvalue weighted by molar-refractivity contribution is -0.135. The Morgan fingerprint density at radius 1 is 1.08 bits per heavy atom. The molecule has 0 radical (unpaired) electrons. The topological polar surface area (TPSA) is 111 Å². The number of hydrogen-bond acceptors (Lipinski definition) is 5. The number of nitrogens with one attached hydrogen (secondary N) is 1. The first-order chi connectivity index (χ1) is 17.9. The van der Waals surface area contributed by atoms with Crippen molar-refractivity contribution < 1.29 is 9.90 Å². The van der Waals surface area contributed by atoms with E-state index in [1.165, 1.54) is 17.0 Å². The van der Waals surface area contributed by atoms with Gasteiger partial charge in [0, 0.05) is 36.7 Å². The van der Waals surface area contributed by atoms with Crippen LogP contribution in [0.5, 0.6) is 0 Å². The smallest absolute Gasteiger partial charge is 0.317 e. The summed E-state index contributed by atoms with van der Waals surface area (Å²) in [6, 6.07) is 20.1. The highest BCUT2D eigenvalue weighted by atomic mass is 16.3. The second-order valence-electron chi connectivity index (χ2n) is 10.3. The van der Waals surface area contributed by atoms with Crippen molar-refractivity contribution in [2.45, 2.75) is 50.8 Å². The van der Waals surface area contributed by atoms with Crippen molar-refractivity contribution in [2.75, 3.05) is 13.1 Å². The Labute approximate surface area is 216 Å². The highest BCUT2D eigenvalue weighted by Crippen LogP contribution is 2.51. The van der Waals surface area contributed by atoms with Gasteiger partial charge in [-0.25, -0.2) is 9.78 Å². The summed E-state index contributed by atoms with van der Waals surface area (Å²) >= 11 is 0. The lowest BCUT2D eigenvalue weighted by atomic mass is 9.66. The molecule has 190 valence electrons. The summed E-state index contributed by atoms with van der Waals surface area (Å²) in [4.78, 5) is 32.3. The molecule has 1 atom stereocenters. The SMILES string of the molecule is N#Cc1ccc(CNC(=O)N2CCC(O)(Cn3cnc(-c4ccccc4)cc3=O)C3(CCCC3)C2)cc1. The molecule has 2 aromatic carbocycles. The van der Waals surface area contributed by atoms with Gasteiger partial charge in [0.15, 0.2) is 0 Å². The molecule has 2 amide bonds. The molecule has 2 aliphatic rings. The predicted octanol–water partition coefficient (Wildman–Crippen LogP) is 3.69. The maximum absolute atomic E-state index is 13.0. The number of rotatable bonds is 5. The molecule has 0 bridgehead atoms. The molecule has 5 rings (SSSR count). The summed E-state index contributed by atoms with van der Waals surface area (Å²) in [6.45, 7) is 1.39. The van der Waals surface area contributed by atoms with Crippen molar-refractivity contribution >= 4 is 6.03 Å². The first kappa shape index (κ1) is 24.7. The Morgan fingerprint density at radius 3 is 2.49 bits per heavy atom. The second kappa shape index (κ2) is 10.2.